The number of aromatic nitrogens is 4. The van der Waals surface area contributed by atoms with E-state index in [0.717, 1.165) is 11.8 Å². The Balaban J connectivity index is 1.45. The van der Waals surface area contributed by atoms with Gasteiger partial charge in [0.1, 0.15) is 29.7 Å². The molecule has 0 spiro atoms. The van der Waals surface area contributed by atoms with E-state index in [1.807, 2.05) is 0 Å². The van der Waals surface area contributed by atoms with Crippen molar-refractivity contribution in [1.29, 1.82) is 0 Å². The second-order valence-corrected chi connectivity index (χ2v) is 9.46. The van der Waals surface area contributed by atoms with Crippen LogP contribution < -0.4 is 16.8 Å². The van der Waals surface area contributed by atoms with Crippen LogP contribution in [0.5, 0.6) is 0 Å². The van der Waals surface area contributed by atoms with Crippen molar-refractivity contribution in [1.82, 2.24) is 30.4 Å². The van der Waals surface area contributed by atoms with Gasteiger partial charge in [0.25, 0.3) is 5.91 Å². The van der Waals surface area contributed by atoms with E-state index in [2.05, 4.69) is 20.8 Å². The minimum absolute atomic E-state index is 0.131. The summed E-state index contributed by atoms with van der Waals surface area (Å²) in [7, 11) is 0. The lowest BCUT2D eigenvalue weighted by molar-refractivity contribution is -0.150. The van der Waals surface area contributed by atoms with Crippen LogP contribution in [0.25, 0.3) is 0 Å². The number of fused-ring (bicyclic) bond motifs is 1. The molecule has 34 heavy (non-hydrogen) atoms. The van der Waals surface area contributed by atoms with Crippen molar-refractivity contribution < 1.29 is 24.3 Å². The first-order valence-electron chi connectivity index (χ1n) is 9.96. The van der Waals surface area contributed by atoms with Gasteiger partial charge in [-0.1, -0.05) is 42.1 Å². The van der Waals surface area contributed by atoms with Crippen molar-refractivity contribution >= 4 is 47.2 Å². The number of hydrogen-bond donors (Lipinski definition) is 4. The Hall–Kier alpha value is -3.43. The van der Waals surface area contributed by atoms with Crippen LogP contribution in [0.15, 0.2) is 46.8 Å². The number of thioether (sulfide) groups is 2. The zero-order valence-electron chi connectivity index (χ0n) is 17.5. The minimum Gasteiger partial charge on any atom is -0.477 e. The number of β-lactam (4-membered cyclic amide) rings is 1. The predicted octanol–water partition coefficient (Wildman–Crippen LogP) is -1.31. The highest BCUT2D eigenvalue weighted by atomic mass is 32.2. The summed E-state index contributed by atoms with van der Waals surface area (Å²) >= 11 is 2.46. The summed E-state index contributed by atoms with van der Waals surface area (Å²) in [5.41, 5.74) is 12.1. The number of rotatable bonds is 9. The number of carboxylic acids is 1. The van der Waals surface area contributed by atoms with Crippen LogP contribution in [0, 0.1) is 0 Å². The van der Waals surface area contributed by atoms with Gasteiger partial charge in [-0.05, 0) is 21.6 Å². The molecule has 1 aromatic heterocycles. The molecule has 0 saturated carbocycles. The van der Waals surface area contributed by atoms with Crippen LogP contribution >= 0.6 is 23.5 Å². The van der Waals surface area contributed by atoms with Gasteiger partial charge < -0.3 is 21.9 Å². The van der Waals surface area contributed by atoms with Gasteiger partial charge in [-0.15, -0.1) is 16.9 Å². The van der Waals surface area contributed by atoms with Crippen LogP contribution in [0.1, 0.15) is 11.6 Å². The fourth-order valence-corrected chi connectivity index (χ4v) is 5.91. The zero-order chi connectivity index (χ0) is 24.4. The molecule has 3 atom stereocenters. The number of hydrogen-bond acceptors (Lipinski definition) is 10. The average molecular weight is 505 g/mol. The number of carbonyl (C=O) groups excluding carboxylic acids is 3. The first-order valence-corrected chi connectivity index (χ1v) is 12.0. The third-order valence-electron chi connectivity index (χ3n) is 5.17. The molecular weight excluding hydrogens is 484 g/mol. The van der Waals surface area contributed by atoms with Gasteiger partial charge in [0, 0.05) is 11.5 Å². The molecule has 178 valence electrons. The quantitative estimate of drug-likeness (QED) is 0.233. The maximum Gasteiger partial charge on any atom is 0.352 e. The number of benzene rings is 1. The number of nitrogens with zero attached hydrogens (tertiary/aromatic N) is 5. The third kappa shape index (κ3) is 4.62. The fraction of sp³-hybridized carbons (Fsp3) is 0.316. The topological polar surface area (TPSA) is 199 Å². The van der Waals surface area contributed by atoms with Crippen molar-refractivity contribution in [2.75, 3.05) is 11.5 Å². The Kier molecular flexibility index (Phi) is 6.85. The molecule has 2 aromatic rings. The second kappa shape index (κ2) is 9.82. The summed E-state index contributed by atoms with van der Waals surface area (Å²) in [5.74, 6) is -2.42. The molecule has 2 aliphatic rings. The van der Waals surface area contributed by atoms with Gasteiger partial charge in [-0.3, -0.25) is 19.3 Å². The Morgan fingerprint density at radius 1 is 1.29 bits per heavy atom. The van der Waals surface area contributed by atoms with E-state index in [1.54, 1.807) is 30.3 Å². The number of nitrogens with one attached hydrogen (secondary N) is 1. The van der Waals surface area contributed by atoms with Gasteiger partial charge in [-0.2, -0.15) is 0 Å². The van der Waals surface area contributed by atoms with E-state index < -0.39 is 41.1 Å². The molecule has 3 heterocycles. The van der Waals surface area contributed by atoms with Crippen LogP contribution in [0.3, 0.4) is 0 Å². The van der Waals surface area contributed by atoms with E-state index in [-0.39, 0.29) is 23.2 Å². The number of nitrogens with two attached hydrogens (primary N) is 2. The second-order valence-electron chi connectivity index (χ2n) is 7.42. The Labute approximate surface area is 201 Å². The van der Waals surface area contributed by atoms with Gasteiger partial charge in [0.15, 0.2) is 0 Å². The van der Waals surface area contributed by atoms with Crippen LogP contribution in [0.2, 0.25) is 0 Å². The molecule has 0 radical (unpaired) electrons. The number of tetrazole rings is 1. The zero-order valence-corrected chi connectivity index (χ0v) is 19.2. The van der Waals surface area contributed by atoms with Crippen molar-refractivity contribution in [2.45, 2.75) is 29.2 Å². The lowest BCUT2D eigenvalue weighted by atomic mass is 10.0. The normalized spacial score (nSPS) is 20.4. The molecule has 4 rings (SSSR count). The first kappa shape index (κ1) is 23.7. The maximum atomic E-state index is 12.8. The summed E-state index contributed by atoms with van der Waals surface area (Å²) in [6, 6.07) is 6.90. The molecule has 0 aliphatic carbocycles. The standard InChI is InChI=1S/C19H20N8O5S2/c20-11(28)6-26-19(23-24-25-26)34-8-10-7-33-17-13(16(30)27(17)14(10)18(31)32)22-15(29)12(21)9-4-2-1-3-5-9/h1-5,12-13,17H,6-8,21H2,(H2,20,28)(H,22,29)(H,31,32)/t12?,13-,17+/m1/s1. The molecule has 1 saturated heterocycles. The molecule has 1 aromatic carbocycles. The average Bonchev–Trinajstić information content (AvgIpc) is 3.26. The maximum absolute atomic E-state index is 12.8. The largest absolute Gasteiger partial charge is 0.477 e. The first-order chi connectivity index (χ1) is 16.3. The molecule has 2 aliphatic heterocycles. The number of aliphatic carboxylic acids is 1. The highest BCUT2D eigenvalue weighted by Gasteiger charge is 2.54. The van der Waals surface area contributed by atoms with E-state index in [4.69, 9.17) is 11.5 Å². The van der Waals surface area contributed by atoms with Gasteiger partial charge in [0.2, 0.25) is 17.0 Å². The lowest BCUT2D eigenvalue weighted by Crippen LogP contribution is -2.71. The third-order valence-corrected chi connectivity index (χ3v) is 7.55. The number of amides is 3. The number of carboxylic acid groups (broad SMARTS) is 1. The van der Waals surface area contributed by atoms with Crippen LogP contribution in [0.4, 0.5) is 0 Å². The monoisotopic (exact) mass is 504 g/mol. The number of primary amides is 1. The van der Waals surface area contributed by atoms with Crippen molar-refractivity contribution in [3.05, 3.63) is 47.2 Å². The number of carbonyl (C=O) groups is 4. The van der Waals surface area contributed by atoms with Crippen molar-refractivity contribution in [3.8, 4) is 0 Å². The van der Waals surface area contributed by atoms with Gasteiger partial charge in [0.05, 0.1) is 0 Å². The molecule has 3 amide bonds. The molecule has 13 nitrogen and oxygen atoms in total. The minimum atomic E-state index is -1.25. The Morgan fingerprint density at radius 3 is 2.71 bits per heavy atom. The van der Waals surface area contributed by atoms with Crippen LogP contribution in [-0.2, 0) is 25.7 Å². The summed E-state index contributed by atoms with van der Waals surface area (Å²) in [6.07, 6.45) is 0. The highest BCUT2D eigenvalue weighted by Crippen LogP contribution is 2.41. The molecular formula is C19H20N8O5S2. The van der Waals surface area contributed by atoms with Crippen molar-refractivity contribution in [3.63, 3.8) is 0 Å². The van der Waals surface area contributed by atoms with Crippen LogP contribution in [-0.4, -0.2) is 76.8 Å². The lowest BCUT2D eigenvalue weighted by Gasteiger charge is -2.49. The van der Waals surface area contributed by atoms with E-state index in [1.165, 1.54) is 21.3 Å². The SMILES string of the molecule is NC(=O)Cn1nnnc1SCC1=C(C(=O)O)N2C(=O)[C@@H](NC(=O)C(N)c3ccccc3)[C@@H]2SC1. The molecule has 1 fully saturated rings. The molecule has 0 bridgehead atoms. The molecule has 6 N–H and O–H groups in total. The molecule has 15 heteroatoms. The summed E-state index contributed by atoms with van der Waals surface area (Å²) in [6.45, 7) is -0.214. The summed E-state index contributed by atoms with van der Waals surface area (Å²) in [4.78, 5) is 49.7. The summed E-state index contributed by atoms with van der Waals surface area (Å²) < 4.78 is 1.21. The molecule has 1 unspecified atom stereocenters. The highest BCUT2D eigenvalue weighted by molar-refractivity contribution is 8.01. The Morgan fingerprint density at radius 2 is 2.03 bits per heavy atom. The summed E-state index contributed by atoms with van der Waals surface area (Å²) in [5, 5.41) is 23.2. The van der Waals surface area contributed by atoms with E-state index in [0.29, 0.717) is 16.9 Å². The predicted molar refractivity (Wildman–Crippen MR) is 121 cm³/mol. The van der Waals surface area contributed by atoms with Crippen molar-refractivity contribution in [2.24, 2.45) is 11.5 Å². The van der Waals surface area contributed by atoms with Gasteiger partial charge >= 0.3 is 5.97 Å². The Bertz CT molecular complexity index is 1170. The van der Waals surface area contributed by atoms with E-state index >= 15 is 0 Å². The van der Waals surface area contributed by atoms with Gasteiger partial charge in [-0.25, -0.2) is 9.48 Å². The van der Waals surface area contributed by atoms with E-state index in [9.17, 15) is 24.3 Å². The fourth-order valence-electron chi connectivity index (χ4n) is 3.55. The smallest absolute Gasteiger partial charge is 0.352 e.